The summed E-state index contributed by atoms with van der Waals surface area (Å²) < 4.78 is 0.903. The number of amides is 3. The highest BCUT2D eigenvalue weighted by molar-refractivity contribution is 9.10. The number of nitrogens with one attached hydrogen (secondary N) is 3. The molecule has 5 rings (SSSR count). The summed E-state index contributed by atoms with van der Waals surface area (Å²) in [5, 5.41) is 10.9. The van der Waals surface area contributed by atoms with E-state index in [2.05, 4.69) is 36.9 Å². The molecule has 7 nitrogen and oxygen atoms in total. The number of thioether (sulfide) groups is 1. The van der Waals surface area contributed by atoms with Crippen molar-refractivity contribution in [3.63, 3.8) is 0 Å². The summed E-state index contributed by atoms with van der Waals surface area (Å²) in [5.41, 5.74) is 4.84. The van der Waals surface area contributed by atoms with Crippen molar-refractivity contribution in [3.05, 3.63) is 135 Å². The largest absolute Gasteiger partial charge is 0.321 e. The lowest BCUT2D eigenvalue weighted by molar-refractivity contribution is -0.114. The molecule has 1 aromatic heterocycles. The Morgan fingerprint density at radius 2 is 1.57 bits per heavy atom. The van der Waals surface area contributed by atoms with E-state index in [1.807, 2.05) is 79.0 Å². The van der Waals surface area contributed by atoms with Crippen LogP contribution >= 0.6 is 39.0 Å². The van der Waals surface area contributed by atoms with Crippen LogP contribution in [0, 0.1) is 6.92 Å². The van der Waals surface area contributed by atoms with E-state index in [9.17, 15) is 14.4 Å². The molecule has 10 heteroatoms. The maximum Gasteiger partial charge on any atom is 0.272 e. The number of carbonyl (C=O) groups excluding carboxylic acids is 3. The number of aryl methyl sites for hydroxylation is 1. The van der Waals surface area contributed by atoms with Crippen LogP contribution in [0.2, 0.25) is 0 Å². The first-order valence-electron chi connectivity index (χ1n) is 13.5. The number of rotatable bonds is 10. The molecule has 0 unspecified atom stereocenters. The zero-order valence-corrected chi connectivity index (χ0v) is 26.8. The van der Waals surface area contributed by atoms with Crippen molar-refractivity contribution >= 4 is 73.6 Å². The van der Waals surface area contributed by atoms with Crippen molar-refractivity contribution in [2.75, 3.05) is 16.4 Å². The topological polar surface area (TPSA) is 100 Å². The number of aromatic nitrogens is 1. The molecule has 0 fully saturated rings. The van der Waals surface area contributed by atoms with Crippen molar-refractivity contribution in [1.29, 1.82) is 0 Å². The van der Waals surface area contributed by atoms with Gasteiger partial charge in [-0.1, -0.05) is 76.1 Å². The molecule has 3 amide bonds. The molecule has 0 radical (unpaired) electrons. The smallest absolute Gasteiger partial charge is 0.272 e. The zero-order chi connectivity index (χ0) is 30.9. The molecule has 4 aromatic carbocycles. The number of hydrogen-bond donors (Lipinski definition) is 3. The van der Waals surface area contributed by atoms with Crippen LogP contribution in [0.4, 0.5) is 10.8 Å². The highest BCUT2D eigenvalue weighted by atomic mass is 79.9. The maximum atomic E-state index is 13.3. The molecule has 1 heterocycles. The minimum Gasteiger partial charge on any atom is -0.321 e. The fourth-order valence-corrected chi connectivity index (χ4v) is 5.69. The van der Waals surface area contributed by atoms with Gasteiger partial charge in [0.25, 0.3) is 11.8 Å². The molecule has 0 aliphatic carbocycles. The molecule has 0 atom stereocenters. The summed E-state index contributed by atoms with van der Waals surface area (Å²) in [6, 6.07) is 31.3. The molecule has 0 spiro atoms. The van der Waals surface area contributed by atoms with Gasteiger partial charge in [-0.3, -0.25) is 14.4 Å². The summed E-state index contributed by atoms with van der Waals surface area (Å²) >= 11 is 6.17. The predicted octanol–water partition coefficient (Wildman–Crippen LogP) is 8.02. The van der Waals surface area contributed by atoms with Gasteiger partial charge in [0.05, 0.1) is 11.4 Å². The van der Waals surface area contributed by atoms with E-state index in [0.29, 0.717) is 16.4 Å². The summed E-state index contributed by atoms with van der Waals surface area (Å²) in [6.07, 6.45) is 1.62. The third-order valence-electron chi connectivity index (χ3n) is 6.29. The summed E-state index contributed by atoms with van der Waals surface area (Å²) in [4.78, 5) is 44.1. The van der Waals surface area contributed by atoms with Crippen molar-refractivity contribution in [3.8, 4) is 11.3 Å². The maximum absolute atomic E-state index is 13.3. The Bertz CT molecular complexity index is 1790. The summed E-state index contributed by atoms with van der Waals surface area (Å²) in [6.45, 7) is 2.03. The number of halogens is 1. The lowest BCUT2D eigenvalue weighted by Crippen LogP contribution is -2.30. The zero-order valence-electron chi connectivity index (χ0n) is 23.5. The van der Waals surface area contributed by atoms with E-state index in [-0.39, 0.29) is 17.4 Å². The van der Waals surface area contributed by atoms with Gasteiger partial charge in [-0.25, -0.2) is 4.98 Å². The Morgan fingerprint density at radius 3 is 2.27 bits per heavy atom. The van der Waals surface area contributed by atoms with E-state index in [0.717, 1.165) is 26.2 Å². The fraction of sp³-hybridized carbons (Fsp3) is 0.0588. The second-order valence-electron chi connectivity index (χ2n) is 9.65. The van der Waals surface area contributed by atoms with Gasteiger partial charge in [0, 0.05) is 31.6 Å². The van der Waals surface area contributed by atoms with E-state index in [1.165, 1.54) is 28.7 Å². The molecule has 0 saturated heterocycles. The second kappa shape index (κ2) is 14.8. The van der Waals surface area contributed by atoms with Crippen molar-refractivity contribution < 1.29 is 14.4 Å². The highest BCUT2D eigenvalue weighted by Gasteiger charge is 2.15. The van der Waals surface area contributed by atoms with Crippen LogP contribution in [-0.2, 0) is 9.59 Å². The Morgan fingerprint density at radius 1 is 0.864 bits per heavy atom. The number of nitrogens with zero attached hydrogens (tertiary/aromatic N) is 1. The number of carbonyl (C=O) groups is 3. The van der Waals surface area contributed by atoms with Crippen LogP contribution in [0.1, 0.15) is 21.5 Å². The van der Waals surface area contributed by atoms with Gasteiger partial charge in [0.2, 0.25) is 5.91 Å². The van der Waals surface area contributed by atoms with Crippen molar-refractivity contribution in [1.82, 2.24) is 10.3 Å². The Labute approximate surface area is 272 Å². The van der Waals surface area contributed by atoms with Gasteiger partial charge in [-0.15, -0.1) is 23.1 Å². The van der Waals surface area contributed by atoms with Crippen LogP contribution in [-0.4, -0.2) is 28.5 Å². The number of hydrogen-bond acceptors (Lipinski definition) is 6. The Balaban J connectivity index is 1.18. The van der Waals surface area contributed by atoms with Gasteiger partial charge in [-0.2, -0.15) is 0 Å². The Hall–Kier alpha value is -4.51. The first-order chi connectivity index (χ1) is 21.3. The van der Waals surface area contributed by atoms with E-state index in [4.69, 9.17) is 0 Å². The van der Waals surface area contributed by atoms with Crippen LogP contribution in [0.25, 0.3) is 17.3 Å². The van der Waals surface area contributed by atoms with Crippen molar-refractivity contribution in [2.45, 2.75) is 11.8 Å². The Kier molecular flexibility index (Phi) is 10.4. The molecule has 3 N–H and O–H groups in total. The van der Waals surface area contributed by atoms with Gasteiger partial charge in [-0.05, 0) is 67.1 Å². The lowest BCUT2D eigenvalue weighted by Gasteiger charge is -2.12. The van der Waals surface area contributed by atoms with Crippen LogP contribution < -0.4 is 16.0 Å². The first-order valence-corrected chi connectivity index (χ1v) is 16.2. The van der Waals surface area contributed by atoms with Crippen LogP contribution in [0.5, 0.6) is 0 Å². The minimum atomic E-state index is -0.467. The molecule has 5 aromatic rings. The molecular formula is C34H27BrN4O3S2. The third-order valence-corrected chi connectivity index (χ3v) is 8.59. The van der Waals surface area contributed by atoms with E-state index in [1.54, 1.807) is 42.5 Å². The summed E-state index contributed by atoms with van der Waals surface area (Å²) in [7, 11) is 0. The second-order valence-corrected chi connectivity index (χ2v) is 12.5. The normalized spacial score (nSPS) is 11.1. The number of benzene rings is 4. The monoisotopic (exact) mass is 682 g/mol. The molecular weight excluding hydrogens is 656 g/mol. The molecule has 0 bridgehead atoms. The van der Waals surface area contributed by atoms with Crippen molar-refractivity contribution in [2.24, 2.45) is 0 Å². The molecule has 0 saturated carbocycles. The van der Waals surface area contributed by atoms with Gasteiger partial charge in [0.15, 0.2) is 5.13 Å². The molecule has 0 aliphatic rings. The predicted molar refractivity (Wildman–Crippen MR) is 183 cm³/mol. The molecule has 44 heavy (non-hydrogen) atoms. The molecule has 0 aliphatic heterocycles. The third kappa shape index (κ3) is 8.76. The fourth-order valence-electron chi connectivity index (χ4n) is 3.99. The van der Waals surface area contributed by atoms with Gasteiger partial charge in [0.1, 0.15) is 5.70 Å². The quantitative estimate of drug-likeness (QED) is 0.102. The average Bonchev–Trinajstić information content (AvgIpc) is 3.50. The number of thiazole rings is 1. The lowest BCUT2D eigenvalue weighted by atomic mass is 10.1. The highest BCUT2D eigenvalue weighted by Crippen LogP contribution is 2.26. The van der Waals surface area contributed by atoms with Crippen LogP contribution in [0.15, 0.2) is 124 Å². The summed E-state index contributed by atoms with van der Waals surface area (Å²) in [5.74, 6) is -0.811. The average molecular weight is 684 g/mol. The number of anilines is 2. The minimum absolute atomic E-state index is 0.101. The van der Waals surface area contributed by atoms with Gasteiger partial charge < -0.3 is 16.0 Å². The van der Waals surface area contributed by atoms with Crippen LogP contribution in [0.3, 0.4) is 0 Å². The van der Waals surface area contributed by atoms with E-state index < -0.39 is 11.8 Å². The van der Waals surface area contributed by atoms with Gasteiger partial charge >= 0.3 is 0 Å². The first kappa shape index (κ1) is 30.9. The van der Waals surface area contributed by atoms with E-state index >= 15 is 0 Å². The molecule has 220 valence electrons. The standard InChI is InChI=1S/C34H27BrN4O3S2/c1-22-7-11-24(12-8-22)30-20-44-34(38-30)39-31(40)21-43-28-17-15-27(16-18-28)36-33(42)29(19-23-9-13-26(35)14-10-23)37-32(41)25-5-3-2-4-6-25/h2-20H,21H2,1H3,(H,36,42)(H,37,41)(H,38,39,40)/b29-19-. The SMILES string of the molecule is Cc1ccc(-c2csc(NC(=O)CSc3ccc(NC(=O)/C(=C/c4ccc(Br)cc4)NC(=O)c4ccccc4)cc3)n2)cc1.